The molecule has 2 aromatic rings. The molecule has 0 aliphatic rings. The first-order valence-corrected chi connectivity index (χ1v) is 5.01. The van der Waals surface area contributed by atoms with Crippen LogP contribution in [0, 0.1) is 0 Å². The summed E-state index contributed by atoms with van der Waals surface area (Å²) in [5.74, 6) is -0.418. The molecule has 0 atom stereocenters. The molecule has 84 valence electrons. The Kier molecular flexibility index (Phi) is 2.87. The van der Waals surface area contributed by atoms with Gasteiger partial charge in [-0.25, -0.2) is 9.31 Å². The van der Waals surface area contributed by atoms with Crippen LogP contribution in [-0.4, -0.2) is 27.3 Å². The summed E-state index contributed by atoms with van der Waals surface area (Å²) in [6.07, 6.45) is 3.17. The van der Waals surface area contributed by atoms with E-state index >= 15 is 0 Å². The van der Waals surface area contributed by atoms with Crippen molar-refractivity contribution in [1.29, 1.82) is 0 Å². The molecule has 0 radical (unpaired) electrons. The van der Waals surface area contributed by atoms with Crippen molar-refractivity contribution in [2.45, 2.75) is 13.5 Å². The first kappa shape index (κ1) is 10.6. The van der Waals surface area contributed by atoms with Gasteiger partial charge in [0.15, 0.2) is 0 Å². The monoisotopic (exact) mass is 220 g/mol. The molecule has 0 bridgehead atoms. The van der Waals surface area contributed by atoms with Gasteiger partial charge in [-0.15, -0.1) is 0 Å². The maximum atomic E-state index is 11.6. The number of esters is 1. The summed E-state index contributed by atoms with van der Waals surface area (Å²) in [4.78, 5) is 11.6. The van der Waals surface area contributed by atoms with Crippen LogP contribution in [0.3, 0.4) is 0 Å². The van der Waals surface area contributed by atoms with E-state index in [1.165, 1.54) is 6.20 Å². The zero-order valence-electron chi connectivity index (χ0n) is 8.88. The molecule has 5 heteroatoms. The van der Waals surface area contributed by atoms with Gasteiger partial charge >= 0.3 is 5.97 Å². The topological polar surface area (TPSA) is 63.8 Å². The van der Waals surface area contributed by atoms with Gasteiger partial charge in [0.1, 0.15) is 5.56 Å². The number of hydrogen-bond donors (Lipinski definition) is 1. The molecular formula is C11H12N2O3. The number of carbonyl (C=O) groups is 1. The number of carbonyl (C=O) groups excluding carboxylic acids is 1. The maximum Gasteiger partial charge on any atom is 0.341 e. The van der Waals surface area contributed by atoms with Crippen LogP contribution in [0.5, 0.6) is 0 Å². The summed E-state index contributed by atoms with van der Waals surface area (Å²) in [6, 6.07) is 3.51. The lowest BCUT2D eigenvalue weighted by atomic mass is 10.2. The zero-order chi connectivity index (χ0) is 11.5. The molecule has 0 spiro atoms. The van der Waals surface area contributed by atoms with Crippen LogP contribution in [-0.2, 0) is 11.3 Å². The highest BCUT2D eigenvalue weighted by Gasteiger charge is 2.15. The first-order chi connectivity index (χ1) is 7.77. The van der Waals surface area contributed by atoms with Crippen LogP contribution < -0.4 is 0 Å². The number of aliphatic hydroxyl groups is 1. The van der Waals surface area contributed by atoms with Crippen molar-refractivity contribution in [1.82, 2.24) is 9.61 Å². The van der Waals surface area contributed by atoms with Gasteiger partial charge in [-0.3, -0.25) is 0 Å². The predicted octanol–water partition coefficient (Wildman–Crippen LogP) is 1.00. The Morgan fingerprint density at radius 1 is 1.62 bits per heavy atom. The largest absolute Gasteiger partial charge is 0.462 e. The second-order valence-corrected chi connectivity index (χ2v) is 3.26. The third kappa shape index (κ3) is 1.65. The van der Waals surface area contributed by atoms with Crippen molar-refractivity contribution in [2.75, 3.05) is 6.61 Å². The lowest BCUT2D eigenvalue weighted by Gasteiger charge is -2.03. The minimum absolute atomic E-state index is 0.136. The molecule has 0 aromatic carbocycles. The number of pyridine rings is 1. The number of nitrogens with zero attached hydrogens (tertiary/aromatic N) is 2. The molecule has 5 nitrogen and oxygen atoms in total. The third-order valence-corrected chi connectivity index (χ3v) is 2.29. The fourth-order valence-electron chi connectivity index (χ4n) is 1.60. The number of aliphatic hydroxyl groups excluding tert-OH is 1. The highest BCUT2D eigenvalue weighted by Crippen LogP contribution is 2.16. The Morgan fingerprint density at radius 2 is 2.44 bits per heavy atom. The molecule has 0 unspecified atom stereocenters. The van der Waals surface area contributed by atoms with E-state index in [0.29, 0.717) is 23.3 Å². The average molecular weight is 220 g/mol. The van der Waals surface area contributed by atoms with Crippen LogP contribution in [0.25, 0.3) is 5.52 Å². The number of aromatic nitrogens is 2. The molecule has 0 aliphatic heterocycles. The SMILES string of the molecule is CCOC(=O)c1cnn2cccc(CO)c12. The van der Waals surface area contributed by atoms with E-state index in [9.17, 15) is 9.90 Å². The fraction of sp³-hybridized carbons (Fsp3) is 0.273. The van der Waals surface area contributed by atoms with E-state index in [4.69, 9.17) is 4.74 Å². The number of hydrogen-bond acceptors (Lipinski definition) is 4. The van der Waals surface area contributed by atoms with E-state index in [1.807, 2.05) is 0 Å². The Balaban J connectivity index is 2.58. The molecule has 2 heterocycles. The Bertz CT molecular complexity index is 519. The van der Waals surface area contributed by atoms with Gasteiger partial charge in [0.05, 0.1) is 24.9 Å². The van der Waals surface area contributed by atoms with Gasteiger partial charge in [0.25, 0.3) is 0 Å². The Labute approximate surface area is 92.3 Å². The zero-order valence-corrected chi connectivity index (χ0v) is 8.88. The normalized spacial score (nSPS) is 10.6. The van der Waals surface area contributed by atoms with Gasteiger partial charge in [0.2, 0.25) is 0 Å². The van der Waals surface area contributed by atoms with Crippen LogP contribution in [0.15, 0.2) is 24.5 Å². The average Bonchev–Trinajstić information content (AvgIpc) is 2.72. The predicted molar refractivity (Wildman–Crippen MR) is 57.1 cm³/mol. The molecule has 0 amide bonds. The summed E-state index contributed by atoms with van der Waals surface area (Å²) in [7, 11) is 0. The van der Waals surface area contributed by atoms with Gasteiger partial charge in [0, 0.05) is 11.8 Å². The molecule has 16 heavy (non-hydrogen) atoms. The van der Waals surface area contributed by atoms with E-state index in [0.717, 1.165) is 0 Å². The molecular weight excluding hydrogens is 208 g/mol. The first-order valence-electron chi connectivity index (χ1n) is 5.01. The second kappa shape index (κ2) is 4.32. The summed E-state index contributed by atoms with van der Waals surface area (Å²) >= 11 is 0. The molecule has 2 aromatic heterocycles. The Morgan fingerprint density at radius 3 is 3.12 bits per heavy atom. The summed E-state index contributed by atoms with van der Waals surface area (Å²) in [5.41, 5.74) is 1.64. The second-order valence-electron chi connectivity index (χ2n) is 3.26. The quantitative estimate of drug-likeness (QED) is 0.784. The van der Waals surface area contributed by atoms with Crippen LogP contribution in [0.4, 0.5) is 0 Å². The highest BCUT2D eigenvalue weighted by atomic mass is 16.5. The minimum atomic E-state index is -0.418. The molecule has 0 saturated carbocycles. The van der Waals surface area contributed by atoms with E-state index < -0.39 is 5.97 Å². The lowest BCUT2D eigenvalue weighted by molar-refractivity contribution is 0.0528. The van der Waals surface area contributed by atoms with Crippen molar-refractivity contribution in [2.24, 2.45) is 0 Å². The van der Waals surface area contributed by atoms with E-state index in [1.54, 1.807) is 29.8 Å². The van der Waals surface area contributed by atoms with Crippen LogP contribution in [0.1, 0.15) is 22.8 Å². The van der Waals surface area contributed by atoms with Crippen LogP contribution in [0.2, 0.25) is 0 Å². The maximum absolute atomic E-state index is 11.6. The lowest BCUT2D eigenvalue weighted by Crippen LogP contribution is -2.05. The van der Waals surface area contributed by atoms with Crippen molar-refractivity contribution in [3.05, 3.63) is 35.7 Å². The Hall–Kier alpha value is -1.88. The summed E-state index contributed by atoms with van der Waals surface area (Å²) in [6.45, 7) is 1.93. The molecule has 2 rings (SSSR count). The number of rotatable bonds is 3. The standard InChI is InChI=1S/C11H12N2O3/c1-2-16-11(15)9-6-12-13-5-3-4-8(7-14)10(9)13/h3-6,14H,2,7H2,1H3. The summed E-state index contributed by atoms with van der Waals surface area (Å²) in [5, 5.41) is 13.2. The smallest absolute Gasteiger partial charge is 0.341 e. The van der Waals surface area contributed by atoms with Crippen molar-refractivity contribution < 1.29 is 14.6 Å². The van der Waals surface area contributed by atoms with E-state index in [2.05, 4.69) is 5.10 Å². The molecule has 0 saturated heterocycles. The van der Waals surface area contributed by atoms with Crippen LogP contribution >= 0.6 is 0 Å². The van der Waals surface area contributed by atoms with Gasteiger partial charge in [-0.2, -0.15) is 5.10 Å². The number of fused-ring (bicyclic) bond motifs is 1. The van der Waals surface area contributed by atoms with Gasteiger partial charge in [-0.05, 0) is 13.0 Å². The third-order valence-electron chi connectivity index (χ3n) is 2.29. The molecule has 1 N–H and O–H groups in total. The van der Waals surface area contributed by atoms with Gasteiger partial charge in [-0.1, -0.05) is 6.07 Å². The molecule has 0 fully saturated rings. The highest BCUT2D eigenvalue weighted by molar-refractivity contribution is 5.97. The van der Waals surface area contributed by atoms with Crippen molar-refractivity contribution >= 4 is 11.5 Å². The van der Waals surface area contributed by atoms with Gasteiger partial charge < -0.3 is 9.84 Å². The summed E-state index contributed by atoms with van der Waals surface area (Å²) < 4.78 is 6.47. The number of ether oxygens (including phenoxy) is 1. The van der Waals surface area contributed by atoms with E-state index in [-0.39, 0.29) is 6.61 Å². The minimum Gasteiger partial charge on any atom is -0.462 e. The fourth-order valence-corrected chi connectivity index (χ4v) is 1.60. The molecule has 0 aliphatic carbocycles. The van der Waals surface area contributed by atoms with Crippen molar-refractivity contribution in [3.8, 4) is 0 Å². The van der Waals surface area contributed by atoms with Crippen molar-refractivity contribution in [3.63, 3.8) is 0 Å².